The van der Waals surface area contributed by atoms with E-state index in [2.05, 4.69) is 10.6 Å². The van der Waals surface area contributed by atoms with Crippen LogP contribution >= 0.6 is 0 Å². The molecule has 0 unspecified atom stereocenters. The lowest BCUT2D eigenvalue weighted by Gasteiger charge is -2.11. The van der Waals surface area contributed by atoms with Crippen molar-refractivity contribution < 1.29 is 23.1 Å². The van der Waals surface area contributed by atoms with Crippen molar-refractivity contribution in [2.24, 2.45) is 0 Å². The molecule has 0 aliphatic carbocycles. The summed E-state index contributed by atoms with van der Waals surface area (Å²) in [5.74, 6) is -3.16. The van der Waals surface area contributed by atoms with E-state index < -0.39 is 23.4 Å². The lowest BCUT2D eigenvalue weighted by atomic mass is 10.2. The number of hydrogen-bond acceptors (Lipinski definition) is 3. The van der Waals surface area contributed by atoms with Gasteiger partial charge in [0.25, 0.3) is 0 Å². The summed E-state index contributed by atoms with van der Waals surface area (Å²) in [6.07, 6.45) is 0.0156. The maximum atomic E-state index is 13.4. The van der Waals surface area contributed by atoms with Crippen molar-refractivity contribution in [1.82, 2.24) is 0 Å². The molecule has 2 rings (SSSR count). The molecule has 0 fully saturated rings. The molecule has 2 aromatic rings. The predicted octanol–water partition coefficient (Wildman–Crippen LogP) is 3.33. The minimum absolute atomic E-state index is 0.0156. The molecule has 2 aromatic carbocycles. The molecule has 0 aliphatic heterocycles. The van der Waals surface area contributed by atoms with Gasteiger partial charge in [-0.15, -0.1) is 0 Å². The molecule has 0 atom stereocenters. The first-order chi connectivity index (χ1) is 11.3. The van der Waals surface area contributed by atoms with E-state index in [-0.39, 0.29) is 11.8 Å². The number of benzene rings is 2. The summed E-state index contributed by atoms with van der Waals surface area (Å²) in [6, 6.07) is 9.06. The number of carbonyl (C=O) groups excluding carboxylic acids is 2. The first-order valence-corrected chi connectivity index (χ1v) is 7.19. The molecular formula is C17H16F2N2O3. The largest absolute Gasteiger partial charge is 0.491 e. The van der Waals surface area contributed by atoms with Gasteiger partial charge in [0.2, 0.25) is 0 Å². The average molecular weight is 334 g/mol. The Hall–Kier alpha value is -2.96. The van der Waals surface area contributed by atoms with Crippen molar-refractivity contribution >= 4 is 23.2 Å². The number of anilines is 2. The van der Waals surface area contributed by atoms with Gasteiger partial charge in [-0.1, -0.05) is 0 Å². The number of rotatable bonds is 4. The topological polar surface area (TPSA) is 67.4 Å². The molecule has 0 heterocycles. The van der Waals surface area contributed by atoms with Crippen LogP contribution in [0.1, 0.15) is 13.8 Å². The van der Waals surface area contributed by atoms with Crippen LogP contribution in [0.25, 0.3) is 0 Å². The standard InChI is InChI=1S/C17H16F2N2O3/c1-10(2)24-13-6-4-12(5-7-13)20-16(22)17(23)21-15-8-3-11(18)9-14(15)19/h3-10H,1-2H3,(H,20,22)(H,21,23). The molecule has 0 aliphatic rings. The third-order valence-electron chi connectivity index (χ3n) is 2.87. The fourth-order valence-electron chi connectivity index (χ4n) is 1.85. The monoisotopic (exact) mass is 334 g/mol. The third-order valence-corrected chi connectivity index (χ3v) is 2.87. The van der Waals surface area contributed by atoms with Crippen LogP contribution in [0.5, 0.6) is 5.75 Å². The lowest BCUT2D eigenvalue weighted by molar-refractivity contribution is -0.133. The molecule has 0 spiro atoms. The number of halogens is 2. The second kappa shape index (κ2) is 7.54. The van der Waals surface area contributed by atoms with E-state index in [9.17, 15) is 18.4 Å². The van der Waals surface area contributed by atoms with E-state index in [1.165, 1.54) is 0 Å². The lowest BCUT2D eigenvalue weighted by Crippen LogP contribution is -2.29. The van der Waals surface area contributed by atoms with Gasteiger partial charge in [0.1, 0.15) is 17.4 Å². The second-order valence-corrected chi connectivity index (χ2v) is 5.22. The van der Waals surface area contributed by atoms with E-state index in [0.717, 1.165) is 12.1 Å². The van der Waals surface area contributed by atoms with Crippen molar-refractivity contribution in [3.05, 3.63) is 54.1 Å². The van der Waals surface area contributed by atoms with Crippen LogP contribution < -0.4 is 15.4 Å². The number of nitrogens with one attached hydrogen (secondary N) is 2. The van der Waals surface area contributed by atoms with Crippen LogP contribution in [0.15, 0.2) is 42.5 Å². The summed E-state index contributed by atoms with van der Waals surface area (Å²) < 4.78 is 31.7. The quantitative estimate of drug-likeness (QED) is 0.843. The van der Waals surface area contributed by atoms with Crippen LogP contribution in [0.4, 0.5) is 20.2 Å². The molecule has 2 amide bonds. The number of hydrogen-bond donors (Lipinski definition) is 2. The molecule has 24 heavy (non-hydrogen) atoms. The third kappa shape index (κ3) is 4.77. The van der Waals surface area contributed by atoms with Crippen LogP contribution in [-0.4, -0.2) is 17.9 Å². The summed E-state index contributed by atoms with van der Waals surface area (Å²) >= 11 is 0. The summed E-state index contributed by atoms with van der Waals surface area (Å²) in [5.41, 5.74) is 0.100. The normalized spacial score (nSPS) is 10.4. The number of amides is 2. The maximum Gasteiger partial charge on any atom is 0.314 e. The van der Waals surface area contributed by atoms with Crippen molar-refractivity contribution in [2.75, 3.05) is 10.6 Å². The smallest absolute Gasteiger partial charge is 0.314 e. The summed E-state index contributed by atoms with van der Waals surface area (Å²) in [7, 11) is 0. The molecule has 7 heteroatoms. The molecule has 5 nitrogen and oxygen atoms in total. The summed E-state index contributed by atoms with van der Waals surface area (Å²) in [6.45, 7) is 3.77. The van der Waals surface area contributed by atoms with E-state index in [0.29, 0.717) is 17.5 Å². The number of carbonyl (C=O) groups is 2. The maximum absolute atomic E-state index is 13.4. The Morgan fingerprint density at radius 3 is 2.17 bits per heavy atom. The Balaban J connectivity index is 1.97. The number of ether oxygens (including phenoxy) is 1. The van der Waals surface area contributed by atoms with Crippen molar-refractivity contribution in [2.45, 2.75) is 20.0 Å². The van der Waals surface area contributed by atoms with Crippen LogP contribution in [0.3, 0.4) is 0 Å². The first kappa shape index (κ1) is 17.4. The Bertz CT molecular complexity index is 746. The van der Waals surface area contributed by atoms with Gasteiger partial charge in [-0.2, -0.15) is 0 Å². The molecule has 2 N–H and O–H groups in total. The fraction of sp³-hybridized carbons (Fsp3) is 0.176. The van der Waals surface area contributed by atoms with Crippen LogP contribution in [0.2, 0.25) is 0 Å². The molecule has 0 bridgehead atoms. The molecule has 0 saturated carbocycles. The van der Waals surface area contributed by atoms with Gasteiger partial charge < -0.3 is 15.4 Å². The fourth-order valence-corrected chi connectivity index (χ4v) is 1.85. The van der Waals surface area contributed by atoms with E-state index in [4.69, 9.17) is 4.74 Å². The SMILES string of the molecule is CC(C)Oc1ccc(NC(=O)C(=O)Nc2ccc(F)cc2F)cc1. The van der Waals surface area contributed by atoms with Gasteiger partial charge in [-0.25, -0.2) is 8.78 Å². The van der Waals surface area contributed by atoms with E-state index in [1.807, 2.05) is 13.8 Å². The predicted molar refractivity (Wildman–Crippen MR) is 85.8 cm³/mol. The van der Waals surface area contributed by atoms with Gasteiger partial charge in [-0.05, 0) is 50.2 Å². The Morgan fingerprint density at radius 1 is 0.958 bits per heavy atom. The summed E-state index contributed by atoms with van der Waals surface area (Å²) in [5, 5.41) is 4.45. The average Bonchev–Trinajstić information content (AvgIpc) is 2.51. The minimum Gasteiger partial charge on any atom is -0.491 e. The van der Waals surface area contributed by atoms with E-state index in [1.54, 1.807) is 24.3 Å². The van der Waals surface area contributed by atoms with Crippen molar-refractivity contribution in [3.63, 3.8) is 0 Å². The van der Waals surface area contributed by atoms with Crippen molar-refractivity contribution in [3.8, 4) is 5.75 Å². The molecule has 0 saturated heterocycles. The van der Waals surface area contributed by atoms with Gasteiger partial charge in [0.15, 0.2) is 0 Å². The Morgan fingerprint density at radius 2 is 1.58 bits per heavy atom. The Kier molecular flexibility index (Phi) is 5.47. The Labute approximate surface area is 137 Å². The highest BCUT2D eigenvalue weighted by molar-refractivity contribution is 6.43. The van der Waals surface area contributed by atoms with Gasteiger partial charge >= 0.3 is 11.8 Å². The highest BCUT2D eigenvalue weighted by Gasteiger charge is 2.16. The zero-order chi connectivity index (χ0) is 17.7. The van der Waals surface area contributed by atoms with Crippen molar-refractivity contribution in [1.29, 1.82) is 0 Å². The zero-order valence-corrected chi connectivity index (χ0v) is 13.1. The highest BCUT2D eigenvalue weighted by atomic mass is 19.1. The molecule has 0 aromatic heterocycles. The second-order valence-electron chi connectivity index (χ2n) is 5.22. The zero-order valence-electron chi connectivity index (χ0n) is 13.1. The highest BCUT2D eigenvalue weighted by Crippen LogP contribution is 2.18. The van der Waals surface area contributed by atoms with Gasteiger partial charge in [0.05, 0.1) is 11.8 Å². The van der Waals surface area contributed by atoms with Crippen LogP contribution in [0, 0.1) is 11.6 Å². The van der Waals surface area contributed by atoms with E-state index >= 15 is 0 Å². The first-order valence-electron chi connectivity index (χ1n) is 7.19. The molecule has 126 valence electrons. The minimum atomic E-state index is -1.07. The molecule has 0 radical (unpaired) electrons. The van der Waals surface area contributed by atoms with Crippen LogP contribution in [-0.2, 0) is 9.59 Å². The molecular weight excluding hydrogens is 318 g/mol. The van der Waals surface area contributed by atoms with Gasteiger partial charge in [0, 0.05) is 11.8 Å². The van der Waals surface area contributed by atoms with Gasteiger partial charge in [-0.3, -0.25) is 9.59 Å². The summed E-state index contributed by atoms with van der Waals surface area (Å²) in [4.78, 5) is 23.6.